The first-order valence-corrected chi connectivity index (χ1v) is 8.77. The second-order valence-electron chi connectivity index (χ2n) is 6.04. The number of ether oxygens (including phenoxy) is 3. The molecule has 1 aliphatic rings. The first-order chi connectivity index (χ1) is 12.6. The van der Waals surface area contributed by atoms with E-state index in [0.29, 0.717) is 40.9 Å². The zero-order chi connectivity index (χ0) is 18.5. The van der Waals surface area contributed by atoms with Crippen LogP contribution in [0.5, 0.6) is 17.2 Å². The minimum Gasteiger partial charge on any atom is -0.497 e. The predicted molar refractivity (Wildman–Crippen MR) is 98.3 cm³/mol. The van der Waals surface area contributed by atoms with Gasteiger partial charge in [-0.05, 0) is 25.0 Å². The Morgan fingerprint density at radius 3 is 2.62 bits per heavy atom. The SMILES string of the molecule is COc1cc(OC)cc(C(=O)N2CCCC(Oc3ccncc3Cl)C2)c1. The van der Waals surface area contributed by atoms with Gasteiger partial charge in [0.1, 0.15) is 28.4 Å². The maximum absolute atomic E-state index is 12.9. The fourth-order valence-electron chi connectivity index (χ4n) is 2.97. The van der Waals surface area contributed by atoms with E-state index in [-0.39, 0.29) is 12.0 Å². The Balaban J connectivity index is 1.73. The van der Waals surface area contributed by atoms with Crippen LogP contribution in [0.25, 0.3) is 0 Å². The van der Waals surface area contributed by atoms with Crippen LogP contribution in [-0.4, -0.2) is 49.2 Å². The van der Waals surface area contributed by atoms with Crippen LogP contribution in [0.2, 0.25) is 5.02 Å². The summed E-state index contributed by atoms with van der Waals surface area (Å²) in [6, 6.07) is 6.91. The molecule has 2 aromatic rings. The number of likely N-dealkylation sites (tertiary alicyclic amines) is 1. The lowest BCUT2D eigenvalue weighted by Gasteiger charge is -2.33. The van der Waals surface area contributed by atoms with E-state index in [0.717, 1.165) is 12.8 Å². The van der Waals surface area contributed by atoms with E-state index in [9.17, 15) is 4.79 Å². The van der Waals surface area contributed by atoms with Crippen molar-refractivity contribution >= 4 is 17.5 Å². The average molecular weight is 377 g/mol. The van der Waals surface area contributed by atoms with Gasteiger partial charge in [-0.25, -0.2) is 0 Å². The summed E-state index contributed by atoms with van der Waals surface area (Å²) in [7, 11) is 3.12. The largest absolute Gasteiger partial charge is 0.497 e. The second kappa shape index (κ2) is 8.27. The molecule has 1 saturated heterocycles. The Hall–Kier alpha value is -2.47. The topological polar surface area (TPSA) is 60.9 Å². The third kappa shape index (κ3) is 4.19. The zero-order valence-corrected chi connectivity index (χ0v) is 15.5. The lowest BCUT2D eigenvalue weighted by Crippen LogP contribution is -2.44. The number of carbonyl (C=O) groups excluding carboxylic acids is 1. The standard InChI is InChI=1S/C19H21ClN2O4/c1-24-15-8-13(9-16(10-15)25-2)19(23)22-7-3-4-14(12-22)26-18-5-6-21-11-17(18)20/h5-6,8-11,14H,3-4,7,12H2,1-2H3. The van der Waals surface area contributed by atoms with E-state index >= 15 is 0 Å². The number of nitrogens with zero attached hydrogens (tertiary/aromatic N) is 2. The molecule has 0 radical (unpaired) electrons. The number of halogens is 1. The van der Waals surface area contributed by atoms with Gasteiger partial charge in [-0.2, -0.15) is 0 Å². The normalized spacial score (nSPS) is 16.9. The molecule has 0 aliphatic carbocycles. The minimum absolute atomic E-state index is 0.0728. The van der Waals surface area contributed by atoms with Crippen molar-refractivity contribution in [2.24, 2.45) is 0 Å². The molecular weight excluding hydrogens is 356 g/mol. The van der Waals surface area contributed by atoms with Gasteiger partial charge in [0.2, 0.25) is 0 Å². The van der Waals surface area contributed by atoms with Crippen molar-refractivity contribution in [3.8, 4) is 17.2 Å². The fourth-order valence-corrected chi connectivity index (χ4v) is 3.13. The van der Waals surface area contributed by atoms with Gasteiger partial charge in [-0.1, -0.05) is 11.6 Å². The molecule has 1 aromatic carbocycles. The number of rotatable bonds is 5. The molecule has 0 N–H and O–H groups in total. The summed E-state index contributed by atoms with van der Waals surface area (Å²) in [5, 5.41) is 0.466. The number of carbonyl (C=O) groups is 1. The lowest BCUT2D eigenvalue weighted by atomic mass is 10.1. The van der Waals surface area contributed by atoms with Gasteiger partial charge in [0.15, 0.2) is 0 Å². The third-order valence-corrected chi connectivity index (χ3v) is 4.58. The van der Waals surface area contributed by atoms with E-state index in [1.807, 2.05) is 0 Å². The Bertz CT molecular complexity index is 762. The number of pyridine rings is 1. The van der Waals surface area contributed by atoms with Crippen LogP contribution in [0, 0.1) is 0 Å². The summed E-state index contributed by atoms with van der Waals surface area (Å²) in [5.74, 6) is 1.68. The Kier molecular flexibility index (Phi) is 5.83. The molecular formula is C19H21ClN2O4. The van der Waals surface area contributed by atoms with Crippen LogP contribution >= 0.6 is 11.6 Å². The van der Waals surface area contributed by atoms with Gasteiger partial charge in [-0.15, -0.1) is 0 Å². The van der Waals surface area contributed by atoms with Gasteiger partial charge < -0.3 is 19.1 Å². The highest BCUT2D eigenvalue weighted by atomic mass is 35.5. The number of aromatic nitrogens is 1. The van der Waals surface area contributed by atoms with Crippen LogP contribution < -0.4 is 14.2 Å². The minimum atomic E-state index is -0.111. The van der Waals surface area contributed by atoms with Crippen LogP contribution in [-0.2, 0) is 0 Å². The molecule has 1 aliphatic heterocycles. The first kappa shape index (κ1) is 18.3. The van der Waals surface area contributed by atoms with Crippen molar-refractivity contribution < 1.29 is 19.0 Å². The van der Waals surface area contributed by atoms with E-state index in [1.54, 1.807) is 55.8 Å². The van der Waals surface area contributed by atoms with E-state index < -0.39 is 0 Å². The van der Waals surface area contributed by atoms with Gasteiger partial charge in [-0.3, -0.25) is 9.78 Å². The lowest BCUT2D eigenvalue weighted by molar-refractivity contribution is 0.0537. The summed E-state index contributed by atoms with van der Waals surface area (Å²) >= 11 is 6.11. The molecule has 1 unspecified atom stereocenters. The van der Waals surface area contributed by atoms with Crippen molar-refractivity contribution in [2.45, 2.75) is 18.9 Å². The van der Waals surface area contributed by atoms with Crippen LogP contribution in [0.3, 0.4) is 0 Å². The Morgan fingerprint density at radius 2 is 1.96 bits per heavy atom. The smallest absolute Gasteiger partial charge is 0.254 e. The summed E-state index contributed by atoms with van der Waals surface area (Å²) < 4.78 is 16.5. The highest BCUT2D eigenvalue weighted by Gasteiger charge is 2.26. The summed E-state index contributed by atoms with van der Waals surface area (Å²) in [4.78, 5) is 18.7. The van der Waals surface area contributed by atoms with Crippen molar-refractivity contribution in [3.63, 3.8) is 0 Å². The summed E-state index contributed by atoms with van der Waals surface area (Å²) in [6.07, 6.45) is 4.80. The third-order valence-electron chi connectivity index (χ3n) is 4.29. The maximum atomic E-state index is 12.9. The van der Waals surface area contributed by atoms with Crippen molar-refractivity contribution in [1.82, 2.24) is 9.88 Å². The molecule has 2 heterocycles. The predicted octanol–water partition coefficient (Wildman–Crippen LogP) is 3.44. The van der Waals surface area contributed by atoms with Gasteiger partial charge >= 0.3 is 0 Å². The van der Waals surface area contributed by atoms with Crippen LogP contribution in [0.1, 0.15) is 23.2 Å². The van der Waals surface area contributed by atoms with E-state index in [4.69, 9.17) is 25.8 Å². The zero-order valence-electron chi connectivity index (χ0n) is 14.8. The highest BCUT2D eigenvalue weighted by Crippen LogP contribution is 2.27. The van der Waals surface area contributed by atoms with Gasteiger partial charge in [0.05, 0.1) is 20.8 Å². The molecule has 3 rings (SSSR count). The van der Waals surface area contributed by atoms with E-state index in [1.165, 1.54) is 0 Å². The number of hydrogen-bond acceptors (Lipinski definition) is 5. The molecule has 7 heteroatoms. The average Bonchev–Trinajstić information content (AvgIpc) is 2.69. The summed E-state index contributed by atoms with van der Waals surface area (Å²) in [6.45, 7) is 1.18. The number of amides is 1. The first-order valence-electron chi connectivity index (χ1n) is 8.39. The Morgan fingerprint density at radius 1 is 1.23 bits per heavy atom. The van der Waals surface area contributed by atoms with E-state index in [2.05, 4.69) is 4.98 Å². The molecule has 1 aromatic heterocycles. The number of benzene rings is 1. The van der Waals surface area contributed by atoms with Crippen molar-refractivity contribution in [2.75, 3.05) is 27.3 Å². The second-order valence-corrected chi connectivity index (χ2v) is 6.45. The Labute approximate surface area is 157 Å². The molecule has 1 fully saturated rings. The van der Waals surface area contributed by atoms with Gasteiger partial charge in [0, 0.05) is 36.6 Å². The molecule has 0 spiro atoms. The molecule has 0 saturated carbocycles. The summed E-state index contributed by atoms with van der Waals surface area (Å²) in [5.41, 5.74) is 0.531. The maximum Gasteiger partial charge on any atom is 0.254 e. The molecule has 6 nitrogen and oxygen atoms in total. The molecule has 1 atom stereocenters. The van der Waals surface area contributed by atoms with Crippen LogP contribution in [0.15, 0.2) is 36.7 Å². The molecule has 0 bridgehead atoms. The number of hydrogen-bond donors (Lipinski definition) is 0. The van der Waals surface area contributed by atoms with Gasteiger partial charge in [0.25, 0.3) is 5.91 Å². The fraction of sp³-hybridized carbons (Fsp3) is 0.368. The van der Waals surface area contributed by atoms with Crippen LogP contribution in [0.4, 0.5) is 0 Å². The van der Waals surface area contributed by atoms with Crippen molar-refractivity contribution in [3.05, 3.63) is 47.2 Å². The quantitative estimate of drug-likeness (QED) is 0.800. The number of piperidine rings is 1. The number of methoxy groups -OCH3 is 2. The van der Waals surface area contributed by atoms with Crippen molar-refractivity contribution in [1.29, 1.82) is 0 Å². The highest BCUT2D eigenvalue weighted by molar-refractivity contribution is 6.31. The monoisotopic (exact) mass is 376 g/mol. The molecule has 26 heavy (non-hydrogen) atoms. The molecule has 138 valence electrons. The molecule has 1 amide bonds.